The summed E-state index contributed by atoms with van der Waals surface area (Å²) in [4.78, 5) is 2.52. The summed E-state index contributed by atoms with van der Waals surface area (Å²) in [6.07, 6.45) is 2.61. The van der Waals surface area contributed by atoms with Crippen LogP contribution >= 0.6 is 11.6 Å². The third-order valence-corrected chi connectivity index (χ3v) is 4.07. The maximum atomic E-state index is 5.98. The van der Waals surface area contributed by atoms with E-state index in [1.165, 1.54) is 37.1 Å². The van der Waals surface area contributed by atoms with E-state index in [0.717, 1.165) is 18.1 Å². The van der Waals surface area contributed by atoms with Gasteiger partial charge >= 0.3 is 0 Å². The molecule has 0 amide bonds. The Morgan fingerprint density at radius 3 is 3.00 bits per heavy atom. The molecule has 0 radical (unpaired) electrons. The highest BCUT2D eigenvalue weighted by Gasteiger charge is 2.17. The number of piperidine rings is 1. The van der Waals surface area contributed by atoms with E-state index >= 15 is 0 Å². The molecular formula is C15H23ClN2. The van der Waals surface area contributed by atoms with Gasteiger partial charge in [-0.1, -0.05) is 24.6 Å². The zero-order valence-corrected chi connectivity index (χ0v) is 12.1. The molecule has 1 aliphatic rings. The molecule has 1 fully saturated rings. The molecule has 1 saturated heterocycles. The zero-order valence-electron chi connectivity index (χ0n) is 11.4. The Morgan fingerprint density at radius 2 is 2.28 bits per heavy atom. The van der Waals surface area contributed by atoms with Gasteiger partial charge in [0.25, 0.3) is 0 Å². The van der Waals surface area contributed by atoms with E-state index in [-0.39, 0.29) is 0 Å². The number of nitrogens with zero attached hydrogens (tertiary/aromatic N) is 1. The highest BCUT2D eigenvalue weighted by atomic mass is 35.5. The van der Waals surface area contributed by atoms with Gasteiger partial charge in [0, 0.05) is 24.2 Å². The summed E-state index contributed by atoms with van der Waals surface area (Å²) in [6, 6.07) is 6.78. The molecule has 1 aliphatic heterocycles. The number of nitrogens with one attached hydrogen (secondary N) is 1. The Balaban J connectivity index is 1.87. The van der Waals surface area contributed by atoms with Gasteiger partial charge in [0.15, 0.2) is 0 Å². The molecule has 1 aromatic rings. The molecule has 18 heavy (non-hydrogen) atoms. The fourth-order valence-corrected chi connectivity index (χ4v) is 2.85. The first-order valence-electron chi connectivity index (χ1n) is 6.90. The number of likely N-dealkylation sites (N-methyl/N-ethyl adjacent to an activating group) is 1. The summed E-state index contributed by atoms with van der Waals surface area (Å²) < 4.78 is 0. The van der Waals surface area contributed by atoms with Crippen molar-refractivity contribution in [2.24, 2.45) is 0 Å². The zero-order chi connectivity index (χ0) is 13.0. The summed E-state index contributed by atoms with van der Waals surface area (Å²) >= 11 is 5.98. The number of halogens is 1. The van der Waals surface area contributed by atoms with Gasteiger partial charge in [0.2, 0.25) is 0 Å². The lowest BCUT2D eigenvalue weighted by Gasteiger charge is -2.32. The minimum Gasteiger partial charge on any atom is -0.309 e. The van der Waals surface area contributed by atoms with Crippen LogP contribution in [0.2, 0.25) is 5.02 Å². The molecule has 1 aromatic carbocycles. The molecule has 2 nitrogen and oxygen atoms in total. The lowest BCUT2D eigenvalue weighted by atomic mass is 10.0. The van der Waals surface area contributed by atoms with Crippen LogP contribution in [0.3, 0.4) is 0 Å². The lowest BCUT2D eigenvalue weighted by molar-refractivity contribution is 0.198. The van der Waals surface area contributed by atoms with Crippen LogP contribution in [0, 0.1) is 6.92 Å². The average Bonchev–Trinajstić information content (AvgIpc) is 2.38. The van der Waals surface area contributed by atoms with Gasteiger partial charge in [-0.3, -0.25) is 0 Å². The van der Waals surface area contributed by atoms with Crippen molar-refractivity contribution in [3.8, 4) is 0 Å². The van der Waals surface area contributed by atoms with Gasteiger partial charge in [-0.05, 0) is 56.1 Å². The van der Waals surface area contributed by atoms with Crippen molar-refractivity contribution in [3.05, 3.63) is 34.3 Å². The minimum atomic E-state index is 0.633. The van der Waals surface area contributed by atoms with Crippen molar-refractivity contribution >= 4 is 11.6 Å². The molecule has 0 bridgehead atoms. The first kappa shape index (κ1) is 13.9. The first-order valence-corrected chi connectivity index (χ1v) is 7.27. The van der Waals surface area contributed by atoms with E-state index in [0.29, 0.717) is 6.04 Å². The average molecular weight is 267 g/mol. The van der Waals surface area contributed by atoms with Gasteiger partial charge in [0.1, 0.15) is 0 Å². The molecule has 0 aliphatic carbocycles. The maximum absolute atomic E-state index is 5.98. The van der Waals surface area contributed by atoms with Crippen molar-refractivity contribution in [2.45, 2.75) is 39.3 Å². The monoisotopic (exact) mass is 266 g/mol. The number of likely N-dealkylation sites (tertiary alicyclic amines) is 1. The van der Waals surface area contributed by atoms with E-state index in [4.69, 9.17) is 11.6 Å². The number of rotatable bonds is 4. The van der Waals surface area contributed by atoms with Gasteiger partial charge in [-0.2, -0.15) is 0 Å². The molecule has 2 rings (SSSR count). The molecule has 3 heteroatoms. The predicted octanol–water partition coefficient (Wildman–Crippen LogP) is 3.22. The molecule has 0 spiro atoms. The molecule has 100 valence electrons. The fraction of sp³-hybridized carbons (Fsp3) is 0.600. The Morgan fingerprint density at radius 1 is 1.44 bits per heavy atom. The van der Waals surface area contributed by atoms with E-state index in [2.05, 4.69) is 30.1 Å². The number of hydrogen-bond donors (Lipinski definition) is 1. The third kappa shape index (κ3) is 3.71. The summed E-state index contributed by atoms with van der Waals surface area (Å²) in [7, 11) is 0. The second-order valence-corrected chi connectivity index (χ2v) is 5.62. The van der Waals surface area contributed by atoms with E-state index in [9.17, 15) is 0 Å². The number of benzene rings is 1. The van der Waals surface area contributed by atoms with Crippen LogP contribution < -0.4 is 5.32 Å². The molecule has 1 atom stereocenters. The summed E-state index contributed by atoms with van der Waals surface area (Å²) in [6.45, 7) is 8.93. The highest BCUT2D eigenvalue weighted by Crippen LogP contribution is 2.16. The van der Waals surface area contributed by atoms with Crippen LogP contribution in [0.25, 0.3) is 0 Å². The van der Waals surface area contributed by atoms with Gasteiger partial charge in [-0.25, -0.2) is 0 Å². The van der Waals surface area contributed by atoms with E-state index in [1.54, 1.807) is 0 Å². The first-order chi connectivity index (χ1) is 8.69. The third-order valence-electron chi connectivity index (χ3n) is 3.84. The van der Waals surface area contributed by atoms with Crippen molar-refractivity contribution in [1.29, 1.82) is 0 Å². The molecule has 1 heterocycles. The Bertz CT molecular complexity index is 392. The number of hydrogen-bond acceptors (Lipinski definition) is 2. The second-order valence-electron chi connectivity index (χ2n) is 5.18. The molecule has 0 saturated carbocycles. The predicted molar refractivity (Wildman–Crippen MR) is 78.2 cm³/mol. The summed E-state index contributed by atoms with van der Waals surface area (Å²) in [5, 5.41) is 4.50. The van der Waals surface area contributed by atoms with Crippen LogP contribution in [0.4, 0.5) is 0 Å². The van der Waals surface area contributed by atoms with Crippen molar-refractivity contribution in [2.75, 3.05) is 19.6 Å². The van der Waals surface area contributed by atoms with Crippen molar-refractivity contribution in [1.82, 2.24) is 10.2 Å². The Labute approximate surface area is 115 Å². The quantitative estimate of drug-likeness (QED) is 0.900. The minimum absolute atomic E-state index is 0.633. The summed E-state index contributed by atoms with van der Waals surface area (Å²) in [5.41, 5.74) is 2.63. The van der Waals surface area contributed by atoms with Crippen molar-refractivity contribution < 1.29 is 0 Å². The number of aryl methyl sites for hydroxylation is 1. The van der Waals surface area contributed by atoms with Gasteiger partial charge < -0.3 is 10.2 Å². The Kier molecular flexibility index (Phi) is 5.04. The van der Waals surface area contributed by atoms with Crippen LogP contribution in [0.15, 0.2) is 18.2 Å². The van der Waals surface area contributed by atoms with Gasteiger partial charge in [0.05, 0.1) is 0 Å². The topological polar surface area (TPSA) is 15.3 Å². The van der Waals surface area contributed by atoms with Gasteiger partial charge in [-0.15, -0.1) is 0 Å². The normalized spacial score (nSPS) is 21.2. The van der Waals surface area contributed by atoms with Crippen LogP contribution in [-0.4, -0.2) is 30.6 Å². The SMILES string of the molecule is CCN1CCCC(NCc2ccc(Cl)cc2C)C1. The van der Waals surface area contributed by atoms with Crippen LogP contribution in [0.5, 0.6) is 0 Å². The smallest absolute Gasteiger partial charge is 0.0408 e. The molecule has 1 N–H and O–H groups in total. The van der Waals surface area contributed by atoms with E-state index in [1.807, 2.05) is 12.1 Å². The fourth-order valence-electron chi connectivity index (χ4n) is 2.62. The Hall–Kier alpha value is -0.570. The van der Waals surface area contributed by atoms with Crippen molar-refractivity contribution in [3.63, 3.8) is 0 Å². The lowest BCUT2D eigenvalue weighted by Crippen LogP contribution is -2.45. The second kappa shape index (κ2) is 6.55. The van der Waals surface area contributed by atoms with E-state index < -0.39 is 0 Å². The van der Waals surface area contributed by atoms with Crippen LogP contribution in [-0.2, 0) is 6.54 Å². The highest BCUT2D eigenvalue weighted by molar-refractivity contribution is 6.30. The largest absolute Gasteiger partial charge is 0.309 e. The van der Waals surface area contributed by atoms with Crippen LogP contribution in [0.1, 0.15) is 30.9 Å². The maximum Gasteiger partial charge on any atom is 0.0408 e. The molecular weight excluding hydrogens is 244 g/mol. The molecule has 1 unspecified atom stereocenters. The standard InChI is InChI=1S/C15H23ClN2/c1-3-18-8-4-5-15(11-18)17-10-13-6-7-14(16)9-12(13)2/h6-7,9,15,17H,3-5,8,10-11H2,1-2H3. The molecule has 0 aromatic heterocycles. The summed E-state index contributed by atoms with van der Waals surface area (Å²) in [5.74, 6) is 0.